The largest absolute Gasteiger partial charge is 0.469 e. The average molecular weight is 320 g/mol. The zero-order valence-electron chi connectivity index (χ0n) is 12.8. The molecule has 0 unspecified atom stereocenters. The van der Waals surface area contributed by atoms with Crippen molar-refractivity contribution in [2.45, 2.75) is 38.9 Å². The van der Waals surface area contributed by atoms with Gasteiger partial charge in [0.05, 0.1) is 25.2 Å². The Kier molecular flexibility index (Phi) is 5.24. The fourth-order valence-electron chi connectivity index (χ4n) is 2.97. The van der Waals surface area contributed by atoms with Gasteiger partial charge in [0.25, 0.3) is 10.2 Å². The van der Waals surface area contributed by atoms with Crippen molar-refractivity contribution in [3.63, 3.8) is 0 Å². The maximum Gasteiger partial charge on any atom is 0.308 e. The Morgan fingerprint density at radius 3 is 2.10 bits per heavy atom. The molecule has 2 heterocycles. The minimum absolute atomic E-state index is 0.101. The molecule has 2 saturated heterocycles. The number of methoxy groups -OCH3 is 1. The molecule has 0 aromatic heterocycles. The zero-order valence-corrected chi connectivity index (χ0v) is 13.6. The number of piperidine rings is 1. The van der Waals surface area contributed by atoms with E-state index in [9.17, 15) is 13.2 Å². The number of hydrogen-bond donors (Lipinski definition) is 0. The number of ether oxygens (including phenoxy) is 2. The van der Waals surface area contributed by atoms with Crippen LogP contribution in [0.5, 0.6) is 0 Å². The lowest BCUT2D eigenvalue weighted by Gasteiger charge is -2.39. The summed E-state index contributed by atoms with van der Waals surface area (Å²) in [7, 11) is -2.11. The second-order valence-corrected chi connectivity index (χ2v) is 7.71. The molecule has 21 heavy (non-hydrogen) atoms. The molecule has 122 valence electrons. The van der Waals surface area contributed by atoms with E-state index in [1.54, 1.807) is 0 Å². The van der Waals surface area contributed by atoms with E-state index in [2.05, 4.69) is 0 Å². The molecule has 0 spiro atoms. The van der Waals surface area contributed by atoms with E-state index >= 15 is 0 Å². The lowest BCUT2D eigenvalue weighted by molar-refractivity contribution is -0.146. The molecule has 2 rings (SSSR count). The number of carbonyl (C=O) groups excluding carboxylic acids is 1. The number of carbonyl (C=O) groups is 1. The predicted octanol–water partition coefficient (Wildman–Crippen LogP) is 0.225. The Morgan fingerprint density at radius 1 is 1.10 bits per heavy atom. The molecule has 0 aromatic carbocycles. The Balaban J connectivity index is 1.99. The average Bonchev–Trinajstić information content (AvgIpc) is 2.45. The van der Waals surface area contributed by atoms with E-state index in [1.807, 2.05) is 13.8 Å². The second kappa shape index (κ2) is 6.60. The molecule has 0 N–H and O–H groups in total. The molecule has 0 amide bonds. The maximum absolute atomic E-state index is 12.7. The van der Waals surface area contributed by atoms with Gasteiger partial charge in [0.1, 0.15) is 0 Å². The lowest BCUT2D eigenvalue weighted by Crippen LogP contribution is -2.54. The fourth-order valence-corrected chi connectivity index (χ4v) is 4.77. The van der Waals surface area contributed by atoms with Gasteiger partial charge in [0, 0.05) is 26.2 Å². The van der Waals surface area contributed by atoms with Gasteiger partial charge in [0.15, 0.2) is 0 Å². The second-order valence-electron chi connectivity index (χ2n) is 5.78. The Hall–Kier alpha value is -0.700. The summed E-state index contributed by atoms with van der Waals surface area (Å²) in [6.07, 6.45) is 0.829. The van der Waals surface area contributed by atoms with Crippen molar-refractivity contribution in [3.05, 3.63) is 0 Å². The number of hydrogen-bond acceptors (Lipinski definition) is 5. The minimum atomic E-state index is -3.47. The van der Waals surface area contributed by atoms with Crippen molar-refractivity contribution in [3.8, 4) is 0 Å². The summed E-state index contributed by atoms with van der Waals surface area (Å²) < 4.78 is 38.6. The topological polar surface area (TPSA) is 76.2 Å². The number of rotatable bonds is 3. The monoisotopic (exact) mass is 320 g/mol. The maximum atomic E-state index is 12.7. The first kappa shape index (κ1) is 16.7. The lowest BCUT2D eigenvalue weighted by atomic mass is 9.99. The van der Waals surface area contributed by atoms with Crippen LogP contribution in [0.1, 0.15) is 26.7 Å². The van der Waals surface area contributed by atoms with Crippen molar-refractivity contribution >= 4 is 16.2 Å². The third-order valence-corrected chi connectivity index (χ3v) is 6.00. The summed E-state index contributed by atoms with van der Waals surface area (Å²) in [5, 5.41) is 0. The highest BCUT2D eigenvalue weighted by atomic mass is 32.2. The predicted molar refractivity (Wildman–Crippen MR) is 76.8 cm³/mol. The normalized spacial score (nSPS) is 30.2. The highest BCUT2D eigenvalue weighted by Gasteiger charge is 2.38. The highest BCUT2D eigenvalue weighted by Crippen LogP contribution is 2.24. The quantitative estimate of drug-likeness (QED) is 0.696. The number of morpholine rings is 1. The van der Waals surface area contributed by atoms with Crippen molar-refractivity contribution in [1.29, 1.82) is 0 Å². The number of esters is 1. The Morgan fingerprint density at radius 2 is 1.62 bits per heavy atom. The molecule has 7 nitrogen and oxygen atoms in total. The molecule has 2 aliphatic heterocycles. The summed E-state index contributed by atoms with van der Waals surface area (Å²) in [6.45, 7) is 5.24. The van der Waals surface area contributed by atoms with Crippen molar-refractivity contribution in [2.75, 3.05) is 33.3 Å². The summed E-state index contributed by atoms with van der Waals surface area (Å²) in [5.74, 6) is -0.440. The van der Waals surface area contributed by atoms with Gasteiger partial charge in [0.2, 0.25) is 0 Å². The molecule has 0 aliphatic carbocycles. The smallest absolute Gasteiger partial charge is 0.308 e. The SMILES string of the molecule is COC(=O)C1CCN(S(=O)(=O)N2C[C@@H](C)O[C@@H](C)C2)CC1. The summed E-state index contributed by atoms with van der Waals surface area (Å²) in [6, 6.07) is 0. The van der Waals surface area contributed by atoms with E-state index in [-0.39, 0.29) is 24.1 Å². The standard InChI is InChI=1S/C13H24N2O5S/c1-10-8-15(9-11(2)20-10)21(17,18)14-6-4-12(5-7-14)13(16)19-3/h10-12H,4-9H2,1-3H3/t10-,11+. The van der Waals surface area contributed by atoms with Crippen molar-refractivity contribution < 1.29 is 22.7 Å². The molecule has 0 saturated carbocycles. The van der Waals surface area contributed by atoms with Crippen LogP contribution in [0.4, 0.5) is 0 Å². The molecule has 8 heteroatoms. The molecule has 2 fully saturated rings. The van der Waals surface area contributed by atoms with Gasteiger partial charge in [-0.05, 0) is 26.7 Å². The van der Waals surface area contributed by atoms with Gasteiger partial charge < -0.3 is 9.47 Å². The van der Waals surface area contributed by atoms with E-state index in [0.717, 1.165) is 0 Å². The highest BCUT2D eigenvalue weighted by molar-refractivity contribution is 7.86. The molecule has 2 aliphatic rings. The molecule has 0 aromatic rings. The van der Waals surface area contributed by atoms with Gasteiger partial charge in [-0.1, -0.05) is 0 Å². The van der Waals surface area contributed by atoms with Crippen molar-refractivity contribution in [2.24, 2.45) is 5.92 Å². The van der Waals surface area contributed by atoms with Crippen LogP contribution in [0.2, 0.25) is 0 Å². The molecule has 2 atom stereocenters. The molecular formula is C13H24N2O5S. The Labute approximate surface area is 126 Å². The van der Waals surface area contributed by atoms with Crippen LogP contribution >= 0.6 is 0 Å². The van der Waals surface area contributed by atoms with E-state index in [0.29, 0.717) is 39.0 Å². The van der Waals surface area contributed by atoms with Gasteiger partial charge in [-0.25, -0.2) is 0 Å². The van der Waals surface area contributed by atoms with E-state index in [1.165, 1.54) is 15.7 Å². The van der Waals surface area contributed by atoms with Gasteiger partial charge in [-0.2, -0.15) is 17.0 Å². The first-order valence-electron chi connectivity index (χ1n) is 7.33. The first-order chi connectivity index (χ1) is 9.84. The van der Waals surface area contributed by atoms with E-state index < -0.39 is 10.2 Å². The van der Waals surface area contributed by atoms with Crippen LogP contribution in [-0.2, 0) is 24.5 Å². The van der Waals surface area contributed by atoms with Crippen LogP contribution in [0.25, 0.3) is 0 Å². The van der Waals surface area contributed by atoms with Crippen LogP contribution in [-0.4, -0.2) is 68.5 Å². The third kappa shape index (κ3) is 3.74. The summed E-state index contributed by atoms with van der Waals surface area (Å²) in [4.78, 5) is 11.5. The molecular weight excluding hydrogens is 296 g/mol. The van der Waals surface area contributed by atoms with Gasteiger partial charge in [-0.3, -0.25) is 4.79 Å². The third-order valence-electron chi connectivity index (χ3n) is 4.03. The number of nitrogens with zero attached hydrogens (tertiary/aromatic N) is 2. The first-order valence-corrected chi connectivity index (χ1v) is 8.72. The van der Waals surface area contributed by atoms with Gasteiger partial charge in [-0.15, -0.1) is 0 Å². The van der Waals surface area contributed by atoms with Crippen molar-refractivity contribution in [1.82, 2.24) is 8.61 Å². The van der Waals surface area contributed by atoms with E-state index in [4.69, 9.17) is 9.47 Å². The van der Waals surface area contributed by atoms with Crippen LogP contribution in [0, 0.1) is 5.92 Å². The van der Waals surface area contributed by atoms with Crippen LogP contribution < -0.4 is 0 Å². The minimum Gasteiger partial charge on any atom is -0.469 e. The summed E-state index contributed by atoms with van der Waals surface area (Å²) >= 11 is 0. The van der Waals surface area contributed by atoms with Crippen LogP contribution in [0.15, 0.2) is 0 Å². The Bertz CT molecular complexity index is 463. The summed E-state index contributed by atoms with van der Waals surface area (Å²) in [5.41, 5.74) is 0. The van der Waals surface area contributed by atoms with Crippen LogP contribution in [0.3, 0.4) is 0 Å². The zero-order chi connectivity index (χ0) is 15.6. The van der Waals surface area contributed by atoms with Gasteiger partial charge >= 0.3 is 5.97 Å². The molecule has 0 radical (unpaired) electrons. The molecule has 0 bridgehead atoms. The fraction of sp³-hybridized carbons (Fsp3) is 0.923.